The van der Waals surface area contributed by atoms with Crippen molar-refractivity contribution in [2.75, 3.05) is 7.11 Å². The molecule has 0 saturated heterocycles. The van der Waals surface area contributed by atoms with E-state index in [0.717, 1.165) is 28.0 Å². The largest absolute Gasteiger partial charge is 0.493 e. The highest BCUT2D eigenvalue weighted by molar-refractivity contribution is 9.10. The zero-order chi connectivity index (χ0) is 14.7. The molecule has 0 bridgehead atoms. The number of methoxy groups -OCH3 is 1. The van der Waals surface area contributed by atoms with Gasteiger partial charge < -0.3 is 4.74 Å². The van der Waals surface area contributed by atoms with Crippen molar-refractivity contribution < 1.29 is 4.74 Å². The van der Waals surface area contributed by atoms with Gasteiger partial charge in [-0.1, -0.05) is 28.1 Å². The molecule has 1 aromatic carbocycles. The van der Waals surface area contributed by atoms with E-state index in [0.29, 0.717) is 0 Å². The van der Waals surface area contributed by atoms with Gasteiger partial charge in [0.2, 0.25) is 0 Å². The molecule has 2 rings (SSSR count). The van der Waals surface area contributed by atoms with Gasteiger partial charge in [-0.25, -0.2) is 5.43 Å². The minimum Gasteiger partial charge on any atom is -0.493 e. The molecule has 3 N–H and O–H groups in total. The summed E-state index contributed by atoms with van der Waals surface area (Å²) in [5.41, 5.74) is 6.01. The Morgan fingerprint density at radius 3 is 2.80 bits per heavy atom. The predicted molar refractivity (Wildman–Crippen MR) is 82.5 cm³/mol. The quantitative estimate of drug-likeness (QED) is 0.649. The van der Waals surface area contributed by atoms with Crippen LogP contribution >= 0.6 is 15.9 Å². The second kappa shape index (κ2) is 6.39. The molecule has 1 aromatic heterocycles. The molecule has 5 nitrogen and oxygen atoms in total. The van der Waals surface area contributed by atoms with Crippen LogP contribution in [0.5, 0.6) is 5.75 Å². The molecule has 0 aliphatic rings. The number of nitrogens with one attached hydrogen (secondary N) is 1. The standard InChI is InChI=1S/C14H19BrN4O/c1-4-19-14(12(20-3)8-17-19)13(18-16)10-6-5-9(2)11(15)7-10/h5-8,13,18H,4,16H2,1-3H3. The van der Waals surface area contributed by atoms with E-state index < -0.39 is 0 Å². The van der Waals surface area contributed by atoms with Crippen LogP contribution in [0, 0.1) is 6.92 Å². The van der Waals surface area contributed by atoms with Crippen molar-refractivity contribution in [1.82, 2.24) is 15.2 Å². The van der Waals surface area contributed by atoms with Gasteiger partial charge in [0.1, 0.15) is 5.69 Å². The third-order valence-electron chi connectivity index (χ3n) is 3.33. The average Bonchev–Trinajstić information content (AvgIpc) is 2.86. The van der Waals surface area contributed by atoms with Crippen LogP contribution in [0.3, 0.4) is 0 Å². The first-order valence-electron chi connectivity index (χ1n) is 6.44. The van der Waals surface area contributed by atoms with Crippen LogP contribution in [0.2, 0.25) is 0 Å². The molecular formula is C14H19BrN4O. The van der Waals surface area contributed by atoms with Crippen LogP contribution in [0.15, 0.2) is 28.9 Å². The number of aryl methyl sites for hydroxylation is 2. The summed E-state index contributed by atoms with van der Waals surface area (Å²) in [5, 5.41) is 4.32. The Labute approximate surface area is 127 Å². The lowest BCUT2D eigenvalue weighted by Crippen LogP contribution is -2.31. The van der Waals surface area contributed by atoms with Crippen molar-refractivity contribution in [2.24, 2.45) is 5.84 Å². The summed E-state index contributed by atoms with van der Waals surface area (Å²) in [6.07, 6.45) is 1.71. The molecule has 1 heterocycles. The molecule has 2 aromatic rings. The van der Waals surface area contributed by atoms with E-state index in [1.54, 1.807) is 13.3 Å². The highest BCUT2D eigenvalue weighted by Gasteiger charge is 2.22. The first-order chi connectivity index (χ1) is 9.62. The van der Waals surface area contributed by atoms with E-state index in [4.69, 9.17) is 10.6 Å². The Balaban J connectivity index is 2.51. The molecule has 0 fully saturated rings. The van der Waals surface area contributed by atoms with Gasteiger partial charge in [0.05, 0.1) is 19.3 Å². The summed E-state index contributed by atoms with van der Waals surface area (Å²) in [6.45, 7) is 4.84. The van der Waals surface area contributed by atoms with E-state index in [9.17, 15) is 0 Å². The smallest absolute Gasteiger partial charge is 0.161 e. The summed E-state index contributed by atoms with van der Waals surface area (Å²) in [4.78, 5) is 0. The van der Waals surface area contributed by atoms with Crippen molar-refractivity contribution in [3.63, 3.8) is 0 Å². The number of rotatable bonds is 5. The molecule has 108 valence electrons. The molecule has 1 unspecified atom stereocenters. The van der Waals surface area contributed by atoms with Crippen LogP contribution in [-0.4, -0.2) is 16.9 Å². The first-order valence-corrected chi connectivity index (χ1v) is 7.23. The third kappa shape index (κ3) is 2.72. The maximum atomic E-state index is 5.77. The monoisotopic (exact) mass is 338 g/mol. The van der Waals surface area contributed by atoms with E-state index in [1.165, 1.54) is 5.56 Å². The Morgan fingerprint density at radius 2 is 2.25 bits per heavy atom. The van der Waals surface area contributed by atoms with E-state index >= 15 is 0 Å². The summed E-state index contributed by atoms with van der Waals surface area (Å²) in [7, 11) is 1.64. The molecule has 20 heavy (non-hydrogen) atoms. The van der Waals surface area contributed by atoms with E-state index in [-0.39, 0.29) is 6.04 Å². The minimum atomic E-state index is -0.177. The van der Waals surface area contributed by atoms with Gasteiger partial charge in [0.25, 0.3) is 0 Å². The van der Waals surface area contributed by atoms with Gasteiger partial charge >= 0.3 is 0 Å². The molecule has 0 aliphatic carbocycles. The highest BCUT2D eigenvalue weighted by atomic mass is 79.9. The fourth-order valence-electron chi connectivity index (χ4n) is 2.20. The lowest BCUT2D eigenvalue weighted by molar-refractivity contribution is 0.399. The van der Waals surface area contributed by atoms with Crippen molar-refractivity contribution in [2.45, 2.75) is 26.4 Å². The Hall–Kier alpha value is -1.37. The average molecular weight is 339 g/mol. The van der Waals surface area contributed by atoms with E-state index in [2.05, 4.69) is 51.6 Å². The summed E-state index contributed by atoms with van der Waals surface area (Å²) in [6, 6.07) is 6.00. The third-order valence-corrected chi connectivity index (χ3v) is 4.19. The molecule has 0 spiro atoms. The Bertz CT molecular complexity index is 575. The minimum absolute atomic E-state index is 0.177. The normalized spacial score (nSPS) is 12.4. The van der Waals surface area contributed by atoms with Crippen molar-refractivity contribution in [3.05, 3.63) is 45.7 Å². The van der Waals surface area contributed by atoms with Crippen LogP contribution in [-0.2, 0) is 6.54 Å². The zero-order valence-corrected chi connectivity index (χ0v) is 13.4. The number of hydrazine groups is 1. The topological polar surface area (TPSA) is 65.1 Å². The number of ether oxygens (including phenoxy) is 1. The van der Waals surface area contributed by atoms with Gasteiger partial charge in [-0.05, 0) is 31.0 Å². The number of hydrogen-bond donors (Lipinski definition) is 2. The molecule has 6 heteroatoms. The van der Waals surface area contributed by atoms with Crippen molar-refractivity contribution in [3.8, 4) is 5.75 Å². The summed E-state index contributed by atoms with van der Waals surface area (Å²) < 4.78 is 8.33. The molecule has 0 amide bonds. The lowest BCUT2D eigenvalue weighted by atomic mass is 10.0. The molecular weight excluding hydrogens is 320 g/mol. The fraction of sp³-hybridized carbons (Fsp3) is 0.357. The lowest BCUT2D eigenvalue weighted by Gasteiger charge is -2.19. The maximum absolute atomic E-state index is 5.77. The van der Waals surface area contributed by atoms with Gasteiger partial charge in [-0.15, -0.1) is 0 Å². The second-order valence-corrected chi connectivity index (χ2v) is 5.38. The summed E-state index contributed by atoms with van der Waals surface area (Å²) >= 11 is 3.56. The number of aromatic nitrogens is 2. The second-order valence-electron chi connectivity index (χ2n) is 4.52. The van der Waals surface area contributed by atoms with Crippen molar-refractivity contribution in [1.29, 1.82) is 0 Å². The van der Waals surface area contributed by atoms with Crippen molar-refractivity contribution >= 4 is 15.9 Å². The molecule has 0 radical (unpaired) electrons. The SMILES string of the molecule is CCn1ncc(OC)c1C(NN)c1ccc(C)c(Br)c1. The Kier molecular flexibility index (Phi) is 4.80. The number of nitrogens with two attached hydrogens (primary N) is 1. The van der Waals surface area contributed by atoms with Crippen LogP contribution in [0.4, 0.5) is 0 Å². The predicted octanol–water partition coefficient (Wildman–Crippen LogP) is 2.54. The molecule has 1 atom stereocenters. The molecule has 0 aliphatic heterocycles. The first kappa shape index (κ1) is 15.0. The maximum Gasteiger partial charge on any atom is 0.161 e. The zero-order valence-electron chi connectivity index (χ0n) is 11.9. The van der Waals surface area contributed by atoms with Gasteiger partial charge in [0, 0.05) is 11.0 Å². The van der Waals surface area contributed by atoms with Gasteiger partial charge in [0.15, 0.2) is 5.75 Å². The summed E-state index contributed by atoms with van der Waals surface area (Å²) in [5.74, 6) is 6.50. The van der Waals surface area contributed by atoms with Crippen LogP contribution in [0.1, 0.15) is 29.8 Å². The van der Waals surface area contributed by atoms with Gasteiger partial charge in [-0.2, -0.15) is 5.10 Å². The van der Waals surface area contributed by atoms with E-state index in [1.807, 2.05) is 11.6 Å². The van der Waals surface area contributed by atoms with Gasteiger partial charge in [-0.3, -0.25) is 10.5 Å². The molecule has 0 saturated carbocycles. The number of nitrogens with zero attached hydrogens (tertiary/aromatic N) is 2. The Morgan fingerprint density at radius 1 is 1.50 bits per heavy atom. The number of halogens is 1. The number of benzene rings is 1. The van der Waals surface area contributed by atoms with Crippen LogP contribution in [0.25, 0.3) is 0 Å². The fourth-order valence-corrected chi connectivity index (χ4v) is 2.60. The highest BCUT2D eigenvalue weighted by Crippen LogP contribution is 2.31. The number of hydrogen-bond acceptors (Lipinski definition) is 4. The van der Waals surface area contributed by atoms with Crippen LogP contribution < -0.4 is 16.0 Å².